The SMILES string of the molecule is COC(=O)C(C)COc1ccc(C#N)cc1OC. The Labute approximate surface area is 106 Å². The first-order chi connectivity index (χ1) is 8.62. The van der Waals surface area contributed by atoms with Gasteiger partial charge >= 0.3 is 5.97 Å². The van der Waals surface area contributed by atoms with Crippen LogP contribution in [0.5, 0.6) is 11.5 Å². The number of benzene rings is 1. The highest BCUT2D eigenvalue weighted by Crippen LogP contribution is 2.28. The van der Waals surface area contributed by atoms with Gasteiger partial charge in [0.1, 0.15) is 6.61 Å². The molecule has 0 saturated heterocycles. The fourth-order valence-corrected chi connectivity index (χ4v) is 1.34. The first-order valence-electron chi connectivity index (χ1n) is 5.41. The molecule has 0 aromatic heterocycles. The van der Waals surface area contributed by atoms with Gasteiger partial charge in [0.15, 0.2) is 11.5 Å². The fourth-order valence-electron chi connectivity index (χ4n) is 1.34. The first-order valence-corrected chi connectivity index (χ1v) is 5.41. The number of ether oxygens (including phenoxy) is 3. The standard InChI is InChI=1S/C13H15NO4/c1-9(13(15)17-3)8-18-11-5-4-10(7-14)6-12(11)16-2/h4-6,9H,8H2,1-3H3. The molecule has 5 nitrogen and oxygen atoms in total. The minimum absolute atomic E-state index is 0.189. The smallest absolute Gasteiger partial charge is 0.311 e. The van der Waals surface area contributed by atoms with Gasteiger partial charge in [-0.15, -0.1) is 0 Å². The minimum atomic E-state index is -0.365. The number of hydrogen-bond donors (Lipinski definition) is 0. The van der Waals surface area contributed by atoms with Crippen molar-refractivity contribution in [3.63, 3.8) is 0 Å². The first kappa shape index (κ1) is 13.8. The number of hydrogen-bond acceptors (Lipinski definition) is 5. The molecule has 1 atom stereocenters. The van der Waals surface area contributed by atoms with Gasteiger partial charge in [0, 0.05) is 6.07 Å². The number of carbonyl (C=O) groups is 1. The molecule has 0 saturated carbocycles. The zero-order valence-corrected chi connectivity index (χ0v) is 10.6. The fraction of sp³-hybridized carbons (Fsp3) is 0.385. The summed E-state index contributed by atoms with van der Waals surface area (Å²) in [5.74, 6) is 0.260. The Morgan fingerprint density at radius 1 is 1.39 bits per heavy atom. The molecule has 0 fully saturated rings. The molecular formula is C13H15NO4. The highest BCUT2D eigenvalue weighted by molar-refractivity contribution is 5.71. The summed E-state index contributed by atoms with van der Waals surface area (Å²) in [7, 11) is 2.83. The summed E-state index contributed by atoms with van der Waals surface area (Å²) in [6, 6.07) is 6.86. The van der Waals surface area contributed by atoms with Crippen LogP contribution in [0.2, 0.25) is 0 Å². The van der Waals surface area contributed by atoms with E-state index in [1.54, 1.807) is 25.1 Å². The summed E-state index contributed by atoms with van der Waals surface area (Å²) in [6.07, 6.45) is 0. The summed E-state index contributed by atoms with van der Waals surface area (Å²) in [4.78, 5) is 11.2. The molecule has 5 heteroatoms. The van der Waals surface area contributed by atoms with E-state index < -0.39 is 0 Å². The topological polar surface area (TPSA) is 68.5 Å². The lowest BCUT2D eigenvalue weighted by Gasteiger charge is -2.13. The second kappa shape index (κ2) is 6.50. The van der Waals surface area contributed by atoms with E-state index in [-0.39, 0.29) is 18.5 Å². The van der Waals surface area contributed by atoms with Crippen LogP contribution in [0.3, 0.4) is 0 Å². The van der Waals surface area contributed by atoms with Gasteiger partial charge in [-0.25, -0.2) is 0 Å². The van der Waals surface area contributed by atoms with E-state index in [1.165, 1.54) is 14.2 Å². The zero-order chi connectivity index (χ0) is 13.5. The lowest BCUT2D eigenvalue weighted by molar-refractivity contribution is -0.145. The molecule has 0 aliphatic carbocycles. The minimum Gasteiger partial charge on any atom is -0.493 e. The van der Waals surface area contributed by atoms with Crippen molar-refractivity contribution >= 4 is 5.97 Å². The van der Waals surface area contributed by atoms with Gasteiger partial charge < -0.3 is 14.2 Å². The summed E-state index contributed by atoms with van der Waals surface area (Å²) in [6.45, 7) is 1.90. The average Bonchev–Trinajstić information content (AvgIpc) is 2.43. The van der Waals surface area contributed by atoms with Crippen molar-refractivity contribution < 1.29 is 19.0 Å². The van der Waals surface area contributed by atoms with E-state index in [2.05, 4.69) is 4.74 Å². The van der Waals surface area contributed by atoms with Crippen LogP contribution in [0.25, 0.3) is 0 Å². The second-order valence-electron chi connectivity index (χ2n) is 3.71. The molecule has 0 heterocycles. The largest absolute Gasteiger partial charge is 0.493 e. The molecular weight excluding hydrogens is 234 g/mol. The number of carbonyl (C=O) groups excluding carboxylic acids is 1. The van der Waals surface area contributed by atoms with Crippen LogP contribution >= 0.6 is 0 Å². The maximum absolute atomic E-state index is 11.2. The summed E-state index contributed by atoms with van der Waals surface area (Å²) in [5, 5.41) is 8.76. The molecule has 0 amide bonds. The molecule has 96 valence electrons. The molecule has 1 aromatic rings. The van der Waals surface area contributed by atoms with E-state index in [0.29, 0.717) is 17.1 Å². The molecule has 0 aliphatic rings. The average molecular weight is 249 g/mol. The number of nitrogens with zero attached hydrogens (tertiary/aromatic N) is 1. The van der Waals surface area contributed by atoms with Gasteiger partial charge in [0.2, 0.25) is 0 Å². The Kier molecular flexibility index (Phi) is 5.00. The van der Waals surface area contributed by atoms with Gasteiger partial charge in [0.05, 0.1) is 31.8 Å². The van der Waals surface area contributed by atoms with Crippen LogP contribution in [0.15, 0.2) is 18.2 Å². The van der Waals surface area contributed by atoms with Crippen LogP contribution in [0, 0.1) is 17.2 Å². The molecule has 0 N–H and O–H groups in total. The zero-order valence-electron chi connectivity index (χ0n) is 10.6. The molecule has 0 spiro atoms. The van der Waals surface area contributed by atoms with E-state index >= 15 is 0 Å². The lowest BCUT2D eigenvalue weighted by atomic mass is 10.2. The van der Waals surface area contributed by atoms with Crippen molar-refractivity contribution in [2.24, 2.45) is 5.92 Å². The van der Waals surface area contributed by atoms with Crippen molar-refractivity contribution in [2.45, 2.75) is 6.92 Å². The Hall–Kier alpha value is -2.22. The highest BCUT2D eigenvalue weighted by atomic mass is 16.5. The summed E-state index contributed by atoms with van der Waals surface area (Å²) in [5.41, 5.74) is 0.486. The number of nitriles is 1. The van der Waals surface area contributed by atoms with Gasteiger partial charge in [-0.2, -0.15) is 5.26 Å². The van der Waals surface area contributed by atoms with Crippen LogP contribution < -0.4 is 9.47 Å². The van der Waals surface area contributed by atoms with Crippen LogP contribution in [-0.4, -0.2) is 26.8 Å². The highest BCUT2D eigenvalue weighted by Gasteiger charge is 2.15. The van der Waals surface area contributed by atoms with Gasteiger partial charge in [-0.3, -0.25) is 4.79 Å². The third kappa shape index (κ3) is 3.39. The van der Waals surface area contributed by atoms with Gasteiger partial charge in [-0.05, 0) is 19.1 Å². The van der Waals surface area contributed by atoms with E-state index in [1.807, 2.05) is 6.07 Å². The van der Waals surface area contributed by atoms with E-state index in [4.69, 9.17) is 14.7 Å². The second-order valence-corrected chi connectivity index (χ2v) is 3.71. The third-order valence-electron chi connectivity index (χ3n) is 2.39. The molecule has 1 rings (SSSR count). The lowest BCUT2D eigenvalue weighted by Crippen LogP contribution is -2.20. The van der Waals surface area contributed by atoms with Crippen molar-refractivity contribution in [3.8, 4) is 17.6 Å². The van der Waals surface area contributed by atoms with E-state index in [0.717, 1.165) is 0 Å². The molecule has 1 aromatic carbocycles. The maximum Gasteiger partial charge on any atom is 0.311 e. The summed E-state index contributed by atoms with van der Waals surface area (Å²) >= 11 is 0. The maximum atomic E-state index is 11.2. The molecule has 0 radical (unpaired) electrons. The van der Waals surface area contributed by atoms with Crippen LogP contribution in [0.4, 0.5) is 0 Å². The van der Waals surface area contributed by atoms with Crippen molar-refractivity contribution in [1.29, 1.82) is 5.26 Å². The van der Waals surface area contributed by atoms with Crippen LogP contribution in [-0.2, 0) is 9.53 Å². The normalized spacial score (nSPS) is 11.2. The molecule has 0 bridgehead atoms. The van der Waals surface area contributed by atoms with Gasteiger partial charge in [0.25, 0.3) is 0 Å². The van der Waals surface area contributed by atoms with Gasteiger partial charge in [-0.1, -0.05) is 0 Å². The Bertz CT molecular complexity index is 465. The van der Waals surface area contributed by atoms with Crippen LogP contribution in [0.1, 0.15) is 12.5 Å². The molecule has 0 aliphatic heterocycles. The van der Waals surface area contributed by atoms with Crippen molar-refractivity contribution in [1.82, 2.24) is 0 Å². The Morgan fingerprint density at radius 3 is 2.67 bits per heavy atom. The molecule has 18 heavy (non-hydrogen) atoms. The third-order valence-corrected chi connectivity index (χ3v) is 2.39. The van der Waals surface area contributed by atoms with Crippen molar-refractivity contribution in [3.05, 3.63) is 23.8 Å². The van der Waals surface area contributed by atoms with E-state index in [9.17, 15) is 4.79 Å². The number of methoxy groups -OCH3 is 2. The number of rotatable bonds is 5. The predicted molar refractivity (Wildman–Crippen MR) is 64.4 cm³/mol. The Morgan fingerprint density at radius 2 is 2.11 bits per heavy atom. The monoisotopic (exact) mass is 249 g/mol. The van der Waals surface area contributed by atoms with Crippen molar-refractivity contribution in [2.75, 3.05) is 20.8 Å². The summed E-state index contributed by atoms with van der Waals surface area (Å²) < 4.78 is 15.2. The quantitative estimate of drug-likeness (QED) is 0.744. The Balaban J connectivity index is 2.73. The molecule has 1 unspecified atom stereocenters. The number of esters is 1. The predicted octanol–water partition coefficient (Wildman–Crippen LogP) is 1.75.